The summed E-state index contributed by atoms with van der Waals surface area (Å²) in [6, 6.07) is 6.46. The van der Waals surface area contributed by atoms with Crippen LogP contribution >= 0.6 is 23.5 Å². The van der Waals surface area contributed by atoms with Gasteiger partial charge < -0.3 is 20.8 Å². The molecule has 6 rings (SSSR count). The van der Waals surface area contributed by atoms with E-state index in [-0.39, 0.29) is 23.9 Å². The summed E-state index contributed by atoms with van der Waals surface area (Å²) in [5.74, 6) is -0.116. The molecular weight excluding hydrogens is 628 g/mol. The number of nitrogens with two attached hydrogens (primary N) is 1. The molecule has 4 aromatic rings. The van der Waals surface area contributed by atoms with Crippen LogP contribution < -0.4 is 11.1 Å². The third kappa shape index (κ3) is 5.68. The molecule has 42 heavy (non-hydrogen) atoms. The zero-order valence-corrected chi connectivity index (χ0v) is 25.6. The monoisotopic (exact) mass is 659 g/mol. The lowest BCUT2D eigenvalue weighted by Gasteiger charge is -2.35. The molecule has 4 heterocycles. The van der Waals surface area contributed by atoms with E-state index in [2.05, 4.69) is 31.3 Å². The number of benzene rings is 1. The number of amides is 1. The number of nitrogens with one attached hydrogen (secondary N) is 1. The average molecular weight is 660 g/mol. The molecule has 2 aliphatic rings. The number of rotatable bonds is 9. The number of piperidine rings is 1. The summed E-state index contributed by atoms with van der Waals surface area (Å²) in [6.07, 6.45) is 6.35. The van der Waals surface area contributed by atoms with Gasteiger partial charge in [0.2, 0.25) is 0 Å². The minimum absolute atomic E-state index is 0.0494. The van der Waals surface area contributed by atoms with E-state index < -0.39 is 13.2 Å². The SMILES string of the molecule is CCCP(=O)(O)OC1(C(=O)N2CCC(NCc3nc4c(-c5cnc6ccc(F)cc6c5)cnn4c(N)c3Br)CC2)CC1. The van der Waals surface area contributed by atoms with Gasteiger partial charge in [-0.05, 0) is 72.3 Å². The van der Waals surface area contributed by atoms with Crippen LogP contribution in [0, 0.1) is 5.82 Å². The van der Waals surface area contributed by atoms with E-state index in [0.717, 1.165) is 24.0 Å². The number of hydrogen-bond acceptors (Lipinski definition) is 8. The number of fused-ring (bicyclic) bond motifs is 2. The van der Waals surface area contributed by atoms with E-state index in [4.69, 9.17) is 15.2 Å². The van der Waals surface area contributed by atoms with Gasteiger partial charge in [-0.25, -0.2) is 9.37 Å². The molecule has 1 saturated carbocycles. The summed E-state index contributed by atoms with van der Waals surface area (Å²) in [7, 11) is -3.78. The summed E-state index contributed by atoms with van der Waals surface area (Å²) in [5, 5.41) is 8.63. The summed E-state index contributed by atoms with van der Waals surface area (Å²) < 4.78 is 33.8. The van der Waals surface area contributed by atoms with Crippen molar-refractivity contribution in [2.24, 2.45) is 0 Å². The highest BCUT2D eigenvalue weighted by atomic mass is 79.9. The number of likely N-dealkylation sites (tertiary alicyclic amines) is 1. The first-order valence-corrected chi connectivity index (χ1v) is 16.6. The van der Waals surface area contributed by atoms with Gasteiger partial charge in [-0.1, -0.05) is 6.92 Å². The van der Waals surface area contributed by atoms with E-state index >= 15 is 0 Å². The third-order valence-corrected chi connectivity index (χ3v) is 10.4. The molecule has 222 valence electrons. The number of pyridine rings is 1. The van der Waals surface area contributed by atoms with Crippen LogP contribution in [0.2, 0.25) is 0 Å². The minimum atomic E-state index is -3.78. The molecule has 0 radical (unpaired) electrons. The molecule has 1 aliphatic heterocycles. The first kappa shape index (κ1) is 29.1. The predicted molar refractivity (Wildman–Crippen MR) is 160 cm³/mol. The van der Waals surface area contributed by atoms with Crippen molar-refractivity contribution >= 4 is 51.8 Å². The molecule has 0 spiro atoms. The first-order valence-electron chi connectivity index (χ1n) is 14.0. The maximum Gasteiger partial charge on any atom is 0.329 e. The Balaban J connectivity index is 1.13. The second kappa shape index (κ2) is 11.3. The Bertz CT molecular complexity index is 1720. The molecule has 3 aromatic heterocycles. The zero-order chi connectivity index (χ0) is 29.6. The molecule has 1 amide bonds. The highest BCUT2D eigenvalue weighted by Gasteiger charge is 2.56. The normalized spacial score (nSPS) is 18.4. The van der Waals surface area contributed by atoms with Crippen LogP contribution in [0.25, 0.3) is 27.7 Å². The molecule has 1 aromatic carbocycles. The van der Waals surface area contributed by atoms with E-state index in [1.54, 1.807) is 27.9 Å². The first-order chi connectivity index (χ1) is 20.1. The highest BCUT2D eigenvalue weighted by Crippen LogP contribution is 2.55. The van der Waals surface area contributed by atoms with E-state index in [1.807, 2.05) is 13.0 Å². The fourth-order valence-corrected chi connectivity index (χ4v) is 7.35. The van der Waals surface area contributed by atoms with E-state index in [0.29, 0.717) is 71.4 Å². The Labute approximate surface area is 250 Å². The summed E-state index contributed by atoms with van der Waals surface area (Å²) in [5.41, 5.74) is 8.71. The van der Waals surface area contributed by atoms with Crippen LogP contribution in [0.4, 0.5) is 10.2 Å². The van der Waals surface area contributed by atoms with Gasteiger partial charge in [-0.2, -0.15) is 9.61 Å². The number of hydrogen-bond donors (Lipinski definition) is 3. The van der Waals surface area contributed by atoms with Gasteiger partial charge in [0.25, 0.3) is 5.91 Å². The molecule has 0 bridgehead atoms. The topological polar surface area (TPSA) is 148 Å². The van der Waals surface area contributed by atoms with Crippen molar-refractivity contribution in [3.63, 3.8) is 0 Å². The fraction of sp³-hybridized carbons (Fsp3) is 0.429. The molecule has 1 aliphatic carbocycles. The number of aromatic nitrogens is 4. The van der Waals surface area contributed by atoms with Crippen molar-refractivity contribution in [3.05, 3.63) is 52.6 Å². The molecule has 14 heteroatoms. The highest BCUT2D eigenvalue weighted by molar-refractivity contribution is 9.10. The predicted octanol–water partition coefficient (Wildman–Crippen LogP) is 4.65. The Morgan fingerprint density at radius 2 is 2.05 bits per heavy atom. The minimum Gasteiger partial charge on any atom is -0.383 e. The molecule has 1 saturated heterocycles. The second-order valence-electron chi connectivity index (χ2n) is 11.0. The van der Waals surface area contributed by atoms with E-state index in [9.17, 15) is 18.6 Å². The summed E-state index contributed by atoms with van der Waals surface area (Å²) >= 11 is 3.57. The number of nitrogen functional groups attached to an aromatic ring is 1. The average Bonchev–Trinajstić information content (AvgIpc) is 3.61. The van der Waals surface area contributed by atoms with Gasteiger partial charge >= 0.3 is 7.60 Å². The standard InChI is InChI=1S/C28H32BrFN7O4P/c1-2-11-42(39,40)41-28(7-8-28)27(38)36-9-5-20(6-10-36)32-16-23-24(29)25(31)37-26(35-23)21(15-34-37)18-12-17-13-19(30)3-4-22(17)33-14-18/h3-4,12-15,20,32H,2,5-11,16,31H2,1H3,(H,39,40). The van der Waals surface area contributed by atoms with Crippen molar-refractivity contribution in [1.29, 1.82) is 0 Å². The van der Waals surface area contributed by atoms with Crippen molar-refractivity contribution in [2.45, 2.75) is 57.2 Å². The lowest BCUT2D eigenvalue weighted by atomic mass is 10.0. The Morgan fingerprint density at radius 1 is 1.29 bits per heavy atom. The van der Waals surface area contributed by atoms with Gasteiger partial charge in [0.05, 0.1) is 21.9 Å². The number of carbonyl (C=O) groups is 1. The zero-order valence-electron chi connectivity index (χ0n) is 23.1. The Hall–Kier alpha value is -2.96. The lowest BCUT2D eigenvalue weighted by Crippen LogP contribution is -2.49. The van der Waals surface area contributed by atoms with Gasteiger partial charge in [-0.15, -0.1) is 0 Å². The molecule has 11 nitrogen and oxygen atoms in total. The number of carbonyl (C=O) groups excluding carboxylic acids is 1. The van der Waals surface area contributed by atoms with Crippen LogP contribution in [0.15, 0.2) is 41.1 Å². The summed E-state index contributed by atoms with van der Waals surface area (Å²) in [6.45, 7) is 3.31. The lowest BCUT2D eigenvalue weighted by molar-refractivity contribution is -0.142. The maximum atomic E-state index is 13.8. The second-order valence-corrected chi connectivity index (χ2v) is 13.7. The largest absolute Gasteiger partial charge is 0.383 e. The smallest absolute Gasteiger partial charge is 0.329 e. The maximum absolute atomic E-state index is 13.8. The quantitative estimate of drug-likeness (QED) is 0.218. The van der Waals surface area contributed by atoms with Crippen LogP contribution in [-0.4, -0.2) is 66.2 Å². The van der Waals surface area contributed by atoms with Crippen molar-refractivity contribution in [2.75, 3.05) is 25.0 Å². The van der Waals surface area contributed by atoms with Crippen LogP contribution in [-0.2, 0) is 20.4 Å². The van der Waals surface area contributed by atoms with Crippen molar-refractivity contribution in [1.82, 2.24) is 29.8 Å². The Kier molecular flexibility index (Phi) is 7.82. The van der Waals surface area contributed by atoms with Gasteiger partial charge in [0, 0.05) is 54.5 Å². The van der Waals surface area contributed by atoms with Gasteiger partial charge in [-0.3, -0.25) is 18.9 Å². The Morgan fingerprint density at radius 3 is 2.76 bits per heavy atom. The number of anilines is 1. The third-order valence-electron chi connectivity index (χ3n) is 7.90. The van der Waals surface area contributed by atoms with Crippen LogP contribution in [0.3, 0.4) is 0 Å². The van der Waals surface area contributed by atoms with Crippen molar-refractivity contribution < 1.29 is 23.2 Å². The van der Waals surface area contributed by atoms with Crippen LogP contribution in [0.5, 0.6) is 0 Å². The van der Waals surface area contributed by atoms with E-state index in [1.165, 1.54) is 12.1 Å². The molecule has 1 unspecified atom stereocenters. The molecular formula is C28H32BrFN7O4P. The molecule has 4 N–H and O–H groups in total. The molecule has 2 fully saturated rings. The van der Waals surface area contributed by atoms with Crippen molar-refractivity contribution in [3.8, 4) is 11.1 Å². The van der Waals surface area contributed by atoms with Gasteiger partial charge in [0.1, 0.15) is 11.6 Å². The van der Waals surface area contributed by atoms with Crippen LogP contribution in [0.1, 0.15) is 44.7 Å². The summed E-state index contributed by atoms with van der Waals surface area (Å²) in [4.78, 5) is 34.3. The number of halogens is 2. The van der Waals surface area contributed by atoms with Gasteiger partial charge in [0.15, 0.2) is 11.2 Å². The molecule has 1 atom stereocenters. The number of nitrogens with zero attached hydrogens (tertiary/aromatic N) is 5. The fourth-order valence-electron chi connectivity index (χ4n) is 5.49.